The van der Waals surface area contributed by atoms with Crippen LogP contribution in [0.25, 0.3) is 10.9 Å². The van der Waals surface area contributed by atoms with Crippen molar-refractivity contribution in [2.75, 3.05) is 11.9 Å². The van der Waals surface area contributed by atoms with Gasteiger partial charge in [-0.05, 0) is 37.3 Å². The molecule has 8 heteroatoms. The maximum atomic E-state index is 12.8. The van der Waals surface area contributed by atoms with Gasteiger partial charge < -0.3 is 15.0 Å². The Morgan fingerprint density at radius 1 is 1.11 bits per heavy atom. The van der Waals surface area contributed by atoms with Crippen LogP contribution in [-0.2, 0) is 10.9 Å². The summed E-state index contributed by atoms with van der Waals surface area (Å²) in [6, 6.07) is 10.7. The fourth-order valence-corrected chi connectivity index (χ4v) is 2.61. The Hall–Kier alpha value is -3.29. The van der Waals surface area contributed by atoms with Crippen molar-refractivity contribution in [3.8, 4) is 0 Å². The summed E-state index contributed by atoms with van der Waals surface area (Å²) in [7, 11) is 0. The van der Waals surface area contributed by atoms with E-state index in [1.807, 2.05) is 0 Å². The Labute approximate surface area is 152 Å². The van der Waals surface area contributed by atoms with Crippen LogP contribution in [0.15, 0.2) is 48.5 Å². The zero-order valence-electron chi connectivity index (χ0n) is 14.2. The highest BCUT2D eigenvalue weighted by molar-refractivity contribution is 6.09. The number of aromatic nitrogens is 1. The van der Waals surface area contributed by atoms with Crippen LogP contribution in [0.3, 0.4) is 0 Å². The minimum atomic E-state index is -4.54. The number of hydrogen-bond donors (Lipinski definition) is 2. The number of H-pyrrole nitrogens is 1. The lowest BCUT2D eigenvalue weighted by atomic mass is 10.1. The predicted octanol–water partition coefficient (Wildman–Crippen LogP) is 4.62. The highest BCUT2D eigenvalue weighted by atomic mass is 19.4. The Morgan fingerprint density at radius 3 is 2.56 bits per heavy atom. The summed E-state index contributed by atoms with van der Waals surface area (Å²) in [6.07, 6.45) is -4.54. The molecule has 1 heterocycles. The number of fused-ring (bicyclic) bond motifs is 1. The molecule has 140 valence electrons. The van der Waals surface area contributed by atoms with Gasteiger partial charge in [0.1, 0.15) is 5.69 Å². The number of carbonyl (C=O) groups is 2. The van der Waals surface area contributed by atoms with Gasteiger partial charge in [-0.1, -0.05) is 18.2 Å². The van der Waals surface area contributed by atoms with Gasteiger partial charge in [0.2, 0.25) is 0 Å². The van der Waals surface area contributed by atoms with Crippen LogP contribution < -0.4 is 5.32 Å². The lowest BCUT2D eigenvalue weighted by Gasteiger charge is -2.10. The number of anilines is 1. The first-order chi connectivity index (χ1) is 12.8. The molecular formula is C19H15F3N2O3. The van der Waals surface area contributed by atoms with Crippen LogP contribution in [-0.4, -0.2) is 23.5 Å². The zero-order chi connectivity index (χ0) is 19.6. The summed E-state index contributed by atoms with van der Waals surface area (Å²) >= 11 is 0. The van der Waals surface area contributed by atoms with Gasteiger partial charge in [0, 0.05) is 10.9 Å². The monoisotopic (exact) mass is 376 g/mol. The molecule has 0 aliphatic carbocycles. The molecule has 0 radical (unpaired) electrons. The van der Waals surface area contributed by atoms with E-state index in [0.717, 1.165) is 12.1 Å². The summed E-state index contributed by atoms with van der Waals surface area (Å²) in [5.74, 6) is -1.23. The van der Waals surface area contributed by atoms with E-state index in [9.17, 15) is 22.8 Å². The molecule has 0 spiro atoms. The number of benzene rings is 2. The number of carbonyl (C=O) groups excluding carboxylic acids is 2. The second kappa shape index (κ2) is 7.14. The Balaban J connectivity index is 1.90. The first-order valence-corrected chi connectivity index (χ1v) is 8.07. The van der Waals surface area contributed by atoms with Crippen LogP contribution in [0.5, 0.6) is 0 Å². The molecule has 3 rings (SSSR count). The molecule has 27 heavy (non-hydrogen) atoms. The Kier molecular flexibility index (Phi) is 4.89. The van der Waals surface area contributed by atoms with Crippen LogP contribution in [0.4, 0.5) is 18.9 Å². The van der Waals surface area contributed by atoms with E-state index in [0.29, 0.717) is 16.6 Å². The number of alkyl halides is 3. The molecule has 0 fully saturated rings. The molecule has 3 aromatic rings. The molecule has 0 aliphatic rings. The van der Waals surface area contributed by atoms with E-state index in [-0.39, 0.29) is 17.9 Å². The van der Waals surface area contributed by atoms with E-state index in [4.69, 9.17) is 4.74 Å². The topological polar surface area (TPSA) is 71.2 Å². The van der Waals surface area contributed by atoms with E-state index in [1.54, 1.807) is 31.2 Å². The van der Waals surface area contributed by atoms with Crippen LogP contribution in [0.2, 0.25) is 0 Å². The molecule has 0 unspecified atom stereocenters. The Morgan fingerprint density at radius 2 is 1.85 bits per heavy atom. The van der Waals surface area contributed by atoms with E-state index in [2.05, 4.69) is 10.3 Å². The number of halogens is 3. The molecule has 5 nitrogen and oxygen atoms in total. The van der Waals surface area contributed by atoms with E-state index >= 15 is 0 Å². The maximum Gasteiger partial charge on any atom is 0.416 e. The minimum Gasteiger partial charge on any atom is -0.461 e. The fraction of sp³-hybridized carbons (Fsp3) is 0.158. The number of ether oxygens (including phenoxy) is 1. The lowest BCUT2D eigenvalue weighted by Crippen LogP contribution is -2.14. The zero-order valence-corrected chi connectivity index (χ0v) is 14.2. The molecule has 2 N–H and O–H groups in total. The fourth-order valence-electron chi connectivity index (χ4n) is 2.61. The minimum absolute atomic E-state index is 0.126. The van der Waals surface area contributed by atoms with Gasteiger partial charge in [-0.15, -0.1) is 0 Å². The number of amides is 1. The molecule has 0 saturated carbocycles. The molecule has 0 bridgehead atoms. The quantitative estimate of drug-likeness (QED) is 0.653. The van der Waals surface area contributed by atoms with Crippen molar-refractivity contribution in [1.82, 2.24) is 4.98 Å². The van der Waals surface area contributed by atoms with Gasteiger partial charge in [0.05, 0.1) is 23.4 Å². The van der Waals surface area contributed by atoms with Crippen molar-refractivity contribution in [2.45, 2.75) is 13.1 Å². The van der Waals surface area contributed by atoms with E-state index in [1.165, 1.54) is 12.1 Å². The number of hydrogen-bond acceptors (Lipinski definition) is 3. The summed E-state index contributed by atoms with van der Waals surface area (Å²) in [4.78, 5) is 27.1. The second-order valence-electron chi connectivity index (χ2n) is 5.71. The largest absolute Gasteiger partial charge is 0.461 e. The highest BCUT2D eigenvalue weighted by Crippen LogP contribution is 2.30. The smallest absolute Gasteiger partial charge is 0.416 e. The Bertz CT molecular complexity index is 1010. The van der Waals surface area contributed by atoms with Crippen molar-refractivity contribution in [2.24, 2.45) is 0 Å². The first-order valence-electron chi connectivity index (χ1n) is 8.07. The van der Waals surface area contributed by atoms with Gasteiger partial charge in [0.15, 0.2) is 0 Å². The van der Waals surface area contributed by atoms with Crippen molar-refractivity contribution >= 4 is 28.5 Å². The van der Waals surface area contributed by atoms with Gasteiger partial charge in [-0.25, -0.2) is 4.79 Å². The van der Waals surface area contributed by atoms with Crippen molar-refractivity contribution < 1.29 is 27.5 Å². The SMILES string of the molecule is CCOC(=O)c1cc2cccc(NC(=O)c3cccc(C(F)(F)F)c3)c2[nH]1. The summed E-state index contributed by atoms with van der Waals surface area (Å²) in [5.41, 5.74) is -0.00390. The van der Waals surface area contributed by atoms with Gasteiger partial charge in [0.25, 0.3) is 5.91 Å². The third-order valence-corrected chi connectivity index (χ3v) is 3.85. The molecule has 0 atom stereocenters. The average Bonchev–Trinajstić information content (AvgIpc) is 3.07. The van der Waals surface area contributed by atoms with Gasteiger partial charge >= 0.3 is 12.1 Å². The van der Waals surface area contributed by atoms with Crippen LogP contribution in [0.1, 0.15) is 33.3 Å². The predicted molar refractivity (Wildman–Crippen MR) is 93.7 cm³/mol. The number of esters is 1. The van der Waals surface area contributed by atoms with Crippen molar-refractivity contribution in [3.05, 3.63) is 65.4 Å². The third-order valence-electron chi connectivity index (χ3n) is 3.85. The van der Waals surface area contributed by atoms with Crippen LogP contribution in [0, 0.1) is 0 Å². The highest BCUT2D eigenvalue weighted by Gasteiger charge is 2.31. The summed E-state index contributed by atoms with van der Waals surface area (Å²) < 4.78 is 43.4. The van der Waals surface area contributed by atoms with Gasteiger partial charge in [-0.2, -0.15) is 13.2 Å². The average molecular weight is 376 g/mol. The molecule has 0 aliphatic heterocycles. The van der Waals surface area contributed by atoms with Crippen molar-refractivity contribution in [1.29, 1.82) is 0 Å². The summed E-state index contributed by atoms with van der Waals surface area (Å²) in [6.45, 7) is 1.90. The molecule has 1 aromatic heterocycles. The number of rotatable bonds is 4. The van der Waals surface area contributed by atoms with Gasteiger partial charge in [-0.3, -0.25) is 4.79 Å². The first kappa shape index (κ1) is 18.5. The molecule has 2 aromatic carbocycles. The van der Waals surface area contributed by atoms with E-state index < -0.39 is 23.6 Å². The number of nitrogens with one attached hydrogen (secondary N) is 2. The van der Waals surface area contributed by atoms with Crippen LogP contribution >= 0.6 is 0 Å². The standard InChI is InChI=1S/C19H15F3N2O3/c1-2-27-18(26)15-10-11-5-4-8-14(16(11)23-15)24-17(25)12-6-3-7-13(9-12)19(20,21)22/h3-10,23H,2H2,1H3,(H,24,25). The molecule has 1 amide bonds. The molecular weight excluding hydrogens is 361 g/mol. The third kappa shape index (κ3) is 3.94. The summed E-state index contributed by atoms with van der Waals surface area (Å²) in [5, 5.41) is 3.23. The lowest BCUT2D eigenvalue weighted by molar-refractivity contribution is -0.137. The number of aromatic amines is 1. The second-order valence-corrected chi connectivity index (χ2v) is 5.71. The normalized spacial score (nSPS) is 11.4. The number of para-hydroxylation sites is 1. The molecule has 0 saturated heterocycles. The maximum absolute atomic E-state index is 12.8. The van der Waals surface area contributed by atoms with Crippen molar-refractivity contribution in [3.63, 3.8) is 0 Å².